The summed E-state index contributed by atoms with van der Waals surface area (Å²) in [4.78, 5) is 5.28. The van der Waals surface area contributed by atoms with Crippen molar-refractivity contribution in [1.82, 2.24) is 9.80 Å². The molecule has 0 radical (unpaired) electrons. The lowest BCUT2D eigenvalue weighted by Crippen LogP contribution is -2.55. The highest BCUT2D eigenvalue weighted by Gasteiger charge is 2.37. The van der Waals surface area contributed by atoms with Crippen molar-refractivity contribution in [3.63, 3.8) is 0 Å². The smallest absolute Gasteiger partial charge is 0.121 e. The normalized spacial score (nSPS) is 31.5. The fraction of sp³-hybridized carbons (Fsp3) is 0.733. The predicted molar refractivity (Wildman–Crippen MR) is 72.6 cm³/mol. The molecular formula is C15H24N2O. The summed E-state index contributed by atoms with van der Waals surface area (Å²) < 4.78 is 5.80. The van der Waals surface area contributed by atoms with Gasteiger partial charge in [-0.05, 0) is 52.3 Å². The lowest BCUT2D eigenvalue weighted by molar-refractivity contribution is 0.0262. The van der Waals surface area contributed by atoms with Gasteiger partial charge < -0.3 is 4.42 Å². The first-order valence-corrected chi connectivity index (χ1v) is 7.21. The monoisotopic (exact) mass is 248 g/mol. The number of furan rings is 1. The van der Waals surface area contributed by atoms with Crippen LogP contribution in [0.25, 0.3) is 0 Å². The Hall–Kier alpha value is -0.800. The van der Waals surface area contributed by atoms with Gasteiger partial charge >= 0.3 is 0 Å². The molecule has 0 amide bonds. The van der Waals surface area contributed by atoms with Crippen LogP contribution in [0.5, 0.6) is 0 Å². The highest BCUT2D eigenvalue weighted by Crippen LogP contribution is 2.31. The number of nitrogens with zero attached hydrogens (tertiary/aromatic N) is 2. The summed E-state index contributed by atoms with van der Waals surface area (Å²) >= 11 is 0. The fourth-order valence-electron chi connectivity index (χ4n) is 3.59. The second-order valence-electron chi connectivity index (χ2n) is 5.96. The summed E-state index contributed by atoms with van der Waals surface area (Å²) in [5.74, 6) is 2.13. The molecule has 1 aromatic rings. The molecule has 2 saturated heterocycles. The minimum Gasteiger partial charge on any atom is -0.465 e. The van der Waals surface area contributed by atoms with Crippen LogP contribution in [0.2, 0.25) is 0 Å². The minimum atomic E-state index is 0.399. The molecule has 0 saturated carbocycles. The van der Waals surface area contributed by atoms with E-state index >= 15 is 0 Å². The number of piperazine rings is 1. The maximum atomic E-state index is 5.80. The Morgan fingerprint density at radius 1 is 1.33 bits per heavy atom. The van der Waals surface area contributed by atoms with Crippen LogP contribution < -0.4 is 0 Å². The highest BCUT2D eigenvalue weighted by atomic mass is 16.3. The summed E-state index contributed by atoms with van der Waals surface area (Å²) in [5.41, 5.74) is 0. The zero-order valence-corrected chi connectivity index (χ0v) is 11.7. The SMILES string of the molecule is Cc1ccc(C(C)N2CC3CCCN3CC2C)o1. The van der Waals surface area contributed by atoms with Crippen molar-refractivity contribution in [2.45, 2.75) is 51.7 Å². The number of hydrogen-bond donors (Lipinski definition) is 0. The van der Waals surface area contributed by atoms with Crippen molar-refractivity contribution < 1.29 is 4.42 Å². The van der Waals surface area contributed by atoms with Crippen LogP contribution >= 0.6 is 0 Å². The molecule has 0 spiro atoms. The molecule has 0 N–H and O–H groups in total. The third kappa shape index (κ3) is 2.10. The van der Waals surface area contributed by atoms with Gasteiger partial charge in [-0.2, -0.15) is 0 Å². The molecule has 3 unspecified atom stereocenters. The highest BCUT2D eigenvalue weighted by molar-refractivity contribution is 5.10. The van der Waals surface area contributed by atoms with Gasteiger partial charge in [-0.15, -0.1) is 0 Å². The zero-order chi connectivity index (χ0) is 12.7. The van der Waals surface area contributed by atoms with E-state index in [1.54, 1.807) is 0 Å². The number of fused-ring (bicyclic) bond motifs is 1. The van der Waals surface area contributed by atoms with Gasteiger partial charge in [0.2, 0.25) is 0 Å². The number of aryl methyl sites for hydroxylation is 1. The third-order valence-corrected chi connectivity index (χ3v) is 4.66. The van der Waals surface area contributed by atoms with Gasteiger partial charge in [0, 0.05) is 25.2 Å². The van der Waals surface area contributed by atoms with E-state index in [4.69, 9.17) is 4.42 Å². The molecule has 3 heterocycles. The van der Waals surface area contributed by atoms with Gasteiger partial charge in [0.05, 0.1) is 6.04 Å². The van der Waals surface area contributed by atoms with E-state index in [1.807, 2.05) is 6.92 Å². The van der Waals surface area contributed by atoms with E-state index in [9.17, 15) is 0 Å². The van der Waals surface area contributed by atoms with Crippen LogP contribution in [0, 0.1) is 6.92 Å². The molecule has 0 aliphatic carbocycles. The Balaban J connectivity index is 1.74. The van der Waals surface area contributed by atoms with Crippen LogP contribution in [-0.2, 0) is 0 Å². The van der Waals surface area contributed by atoms with E-state index < -0.39 is 0 Å². The van der Waals surface area contributed by atoms with E-state index in [0.717, 1.165) is 17.6 Å². The summed E-state index contributed by atoms with van der Waals surface area (Å²) in [6.45, 7) is 10.4. The molecular weight excluding hydrogens is 224 g/mol. The van der Waals surface area contributed by atoms with E-state index in [2.05, 4.69) is 35.8 Å². The van der Waals surface area contributed by atoms with Crippen LogP contribution in [0.3, 0.4) is 0 Å². The molecule has 0 bridgehead atoms. The first-order chi connectivity index (χ1) is 8.65. The molecule has 3 nitrogen and oxygen atoms in total. The fourth-order valence-corrected chi connectivity index (χ4v) is 3.59. The maximum Gasteiger partial charge on any atom is 0.121 e. The van der Waals surface area contributed by atoms with Gasteiger partial charge in [-0.1, -0.05) is 0 Å². The molecule has 100 valence electrons. The van der Waals surface area contributed by atoms with Crippen molar-refractivity contribution in [3.8, 4) is 0 Å². The van der Waals surface area contributed by atoms with Crippen LogP contribution in [0.1, 0.15) is 44.3 Å². The van der Waals surface area contributed by atoms with Crippen LogP contribution in [0.15, 0.2) is 16.5 Å². The largest absolute Gasteiger partial charge is 0.465 e. The van der Waals surface area contributed by atoms with E-state index in [1.165, 1.54) is 32.5 Å². The quantitative estimate of drug-likeness (QED) is 0.802. The molecule has 3 heteroatoms. The molecule has 2 fully saturated rings. The molecule has 3 atom stereocenters. The topological polar surface area (TPSA) is 19.6 Å². The van der Waals surface area contributed by atoms with Gasteiger partial charge in [-0.25, -0.2) is 0 Å². The summed E-state index contributed by atoms with van der Waals surface area (Å²) in [5, 5.41) is 0. The molecule has 0 aromatic carbocycles. The Morgan fingerprint density at radius 2 is 2.17 bits per heavy atom. The van der Waals surface area contributed by atoms with Gasteiger partial charge in [-0.3, -0.25) is 9.80 Å². The van der Waals surface area contributed by atoms with Gasteiger partial charge in [0.25, 0.3) is 0 Å². The van der Waals surface area contributed by atoms with Crippen molar-refractivity contribution in [3.05, 3.63) is 23.7 Å². The minimum absolute atomic E-state index is 0.399. The lowest BCUT2D eigenvalue weighted by Gasteiger charge is -2.44. The summed E-state index contributed by atoms with van der Waals surface area (Å²) in [6, 6.07) is 6.01. The van der Waals surface area contributed by atoms with Gasteiger partial charge in [0.1, 0.15) is 11.5 Å². The van der Waals surface area contributed by atoms with E-state index in [0.29, 0.717) is 12.1 Å². The lowest BCUT2D eigenvalue weighted by atomic mass is 10.0. The molecule has 3 rings (SSSR count). The van der Waals surface area contributed by atoms with Crippen molar-refractivity contribution >= 4 is 0 Å². The zero-order valence-electron chi connectivity index (χ0n) is 11.7. The maximum absolute atomic E-state index is 5.80. The Bertz CT molecular complexity index is 414. The predicted octanol–water partition coefficient (Wildman–Crippen LogP) is 2.82. The second-order valence-corrected chi connectivity index (χ2v) is 5.96. The van der Waals surface area contributed by atoms with Crippen LogP contribution in [-0.4, -0.2) is 41.5 Å². The number of hydrogen-bond acceptors (Lipinski definition) is 3. The molecule has 1 aromatic heterocycles. The average Bonchev–Trinajstić information content (AvgIpc) is 2.95. The number of rotatable bonds is 2. The molecule has 2 aliphatic heterocycles. The van der Waals surface area contributed by atoms with Crippen molar-refractivity contribution in [1.29, 1.82) is 0 Å². The summed E-state index contributed by atoms with van der Waals surface area (Å²) in [6.07, 6.45) is 2.74. The first-order valence-electron chi connectivity index (χ1n) is 7.21. The Morgan fingerprint density at radius 3 is 2.89 bits per heavy atom. The van der Waals surface area contributed by atoms with Crippen molar-refractivity contribution in [2.75, 3.05) is 19.6 Å². The average molecular weight is 248 g/mol. The van der Waals surface area contributed by atoms with Crippen molar-refractivity contribution in [2.24, 2.45) is 0 Å². The van der Waals surface area contributed by atoms with Crippen LogP contribution in [0.4, 0.5) is 0 Å². The first kappa shape index (κ1) is 12.2. The van der Waals surface area contributed by atoms with Gasteiger partial charge in [0.15, 0.2) is 0 Å². The summed E-state index contributed by atoms with van der Waals surface area (Å²) in [7, 11) is 0. The third-order valence-electron chi connectivity index (χ3n) is 4.66. The Kier molecular flexibility index (Phi) is 3.20. The molecule has 18 heavy (non-hydrogen) atoms. The standard InChI is InChI=1S/C15H24N2O/c1-11-9-16-8-4-5-14(16)10-17(11)13(3)15-7-6-12(2)18-15/h6-7,11,13-14H,4-5,8-10H2,1-3H3. The second kappa shape index (κ2) is 4.71. The Labute approximate surface area is 110 Å². The molecule has 2 aliphatic rings. The van der Waals surface area contributed by atoms with E-state index in [-0.39, 0.29) is 0 Å².